The van der Waals surface area contributed by atoms with E-state index < -0.39 is 11.9 Å². The van der Waals surface area contributed by atoms with E-state index in [0.29, 0.717) is 6.42 Å². The Labute approximate surface area is 96.6 Å². The van der Waals surface area contributed by atoms with Crippen molar-refractivity contribution >= 4 is 5.97 Å². The zero-order valence-electron chi connectivity index (χ0n) is 10.2. The second kappa shape index (κ2) is 5.64. The van der Waals surface area contributed by atoms with Crippen LogP contribution < -0.4 is 0 Å². The molecule has 0 unspecified atom stereocenters. The molecule has 0 aromatic rings. The van der Waals surface area contributed by atoms with Gasteiger partial charge in [-0.2, -0.15) is 0 Å². The molecule has 16 heavy (non-hydrogen) atoms. The van der Waals surface area contributed by atoms with E-state index in [2.05, 4.69) is 0 Å². The molecule has 4 heteroatoms. The Morgan fingerprint density at radius 2 is 2.00 bits per heavy atom. The fourth-order valence-corrected chi connectivity index (χ4v) is 1.98. The van der Waals surface area contributed by atoms with Gasteiger partial charge >= 0.3 is 5.97 Å². The first-order valence-electron chi connectivity index (χ1n) is 5.98. The van der Waals surface area contributed by atoms with Gasteiger partial charge in [0.1, 0.15) is 0 Å². The van der Waals surface area contributed by atoms with Crippen LogP contribution in [0.2, 0.25) is 0 Å². The molecule has 0 aromatic heterocycles. The van der Waals surface area contributed by atoms with Crippen molar-refractivity contribution in [3.05, 3.63) is 0 Å². The smallest absolute Gasteiger partial charge is 0.308 e. The average Bonchev–Trinajstić information content (AvgIpc) is 2.64. The number of hydrogen-bond donors (Lipinski definition) is 2. The number of aliphatic hydroxyl groups is 1. The lowest BCUT2D eigenvalue weighted by molar-refractivity contribution is -0.146. The number of aliphatic carboxylic acids is 1. The highest BCUT2D eigenvalue weighted by molar-refractivity contribution is 5.70. The van der Waals surface area contributed by atoms with Crippen molar-refractivity contribution in [2.24, 2.45) is 11.8 Å². The monoisotopic (exact) mass is 230 g/mol. The topological polar surface area (TPSA) is 66.8 Å². The van der Waals surface area contributed by atoms with E-state index in [9.17, 15) is 9.90 Å². The Morgan fingerprint density at radius 3 is 2.50 bits per heavy atom. The van der Waals surface area contributed by atoms with Crippen LogP contribution in [0, 0.1) is 11.8 Å². The first-order chi connectivity index (χ1) is 7.41. The molecule has 0 saturated carbocycles. The van der Waals surface area contributed by atoms with Gasteiger partial charge < -0.3 is 14.9 Å². The summed E-state index contributed by atoms with van der Waals surface area (Å²) in [4.78, 5) is 10.8. The average molecular weight is 230 g/mol. The van der Waals surface area contributed by atoms with Gasteiger partial charge in [-0.15, -0.1) is 0 Å². The molecule has 1 saturated heterocycles. The quantitative estimate of drug-likeness (QED) is 0.753. The van der Waals surface area contributed by atoms with Gasteiger partial charge in [-0.05, 0) is 32.1 Å². The van der Waals surface area contributed by atoms with E-state index >= 15 is 0 Å². The minimum atomic E-state index is -0.810. The lowest BCUT2D eigenvalue weighted by Gasteiger charge is -2.20. The Morgan fingerprint density at radius 1 is 1.38 bits per heavy atom. The molecule has 0 radical (unpaired) electrons. The summed E-state index contributed by atoms with van der Waals surface area (Å²) in [7, 11) is 0. The number of hydrogen-bond acceptors (Lipinski definition) is 3. The maximum Gasteiger partial charge on any atom is 0.308 e. The zero-order valence-corrected chi connectivity index (χ0v) is 10.2. The molecule has 1 aliphatic rings. The summed E-state index contributed by atoms with van der Waals surface area (Å²) in [6, 6.07) is 0. The Bertz CT molecular complexity index is 239. The molecule has 0 spiro atoms. The number of aliphatic hydroxyl groups excluding tert-OH is 1. The first kappa shape index (κ1) is 13.5. The van der Waals surface area contributed by atoms with Gasteiger partial charge in [-0.1, -0.05) is 13.8 Å². The van der Waals surface area contributed by atoms with Gasteiger partial charge in [-0.25, -0.2) is 0 Å². The molecule has 1 rings (SSSR count). The Hall–Kier alpha value is -0.610. The summed E-state index contributed by atoms with van der Waals surface area (Å²) >= 11 is 0. The third-order valence-corrected chi connectivity index (χ3v) is 3.36. The minimum Gasteiger partial charge on any atom is -0.481 e. The normalized spacial score (nSPS) is 29.3. The van der Waals surface area contributed by atoms with Gasteiger partial charge in [0.2, 0.25) is 0 Å². The highest BCUT2D eigenvalue weighted by atomic mass is 16.5. The van der Waals surface area contributed by atoms with E-state index in [0.717, 1.165) is 12.8 Å². The molecular formula is C12H22O4. The molecule has 1 heterocycles. The molecule has 94 valence electrons. The van der Waals surface area contributed by atoms with Gasteiger partial charge in [0.05, 0.1) is 24.2 Å². The highest BCUT2D eigenvalue weighted by Gasteiger charge is 2.33. The van der Waals surface area contributed by atoms with Crippen LogP contribution in [0.3, 0.4) is 0 Å². The lowest BCUT2D eigenvalue weighted by atomic mass is 9.98. The molecular weight excluding hydrogens is 208 g/mol. The number of carbonyl (C=O) groups is 1. The molecule has 2 N–H and O–H groups in total. The van der Waals surface area contributed by atoms with Crippen molar-refractivity contribution in [2.45, 2.75) is 58.3 Å². The van der Waals surface area contributed by atoms with Crippen molar-refractivity contribution in [1.82, 2.24) is 0 Å². The molecule has 1 aliphatic heterocycles. The minimum absolute atomic E-state index is 0.0178. The van der Waals surface area contributed by atoms with E-state index in [1.807, 2.05) is 13.8 Å². The van der Waals surface area contributed by atoms with Gasteiger partial charge in [0.15, 0.2) is 0 Å². The summed E-state index contributed by atoms with van der Waals surface area (Å²) in [5.41, 5.74) is 0. The predicted octanol–water partition coefficient (Wildman–Crippen LogP) is 1.66. The Balaban J connectivity index is 2.38. The van der Waals surface area contributed by atoms with Crippen LogP contribution in [-0.2, 0) is 9.53 Å². The number of rotatable bonds is 5. The fraction of sp³-hybridized carbons (Fsp3) is 0.917. The van der Waals surface area contributed by atoms with Crippen LogP contribution in [0.4, 0.5) is 0 Å². The summed E-state index contributed by atoms with van der Waals surface area (Å²) < 4.78 is 5.66. The number of carboxylic acids is 1. The van der Waals surface area contributed by atoms with Crippen LogP contribution in [0.1, 0.15) is 40.0 Å². The van der Waals surface area contributed by atoms with Crippen LogP contribution in [0.5, 0.6) is 0 Å². The predicted molar refractivity (Wildman–Crippen MR) is 60.2 cm³/mol. The summed E-state index contributed by atoms with van der Waals surface area (Å²) in [5.74, 6) is -1.05. The van der Waals surface area contributed by atoms with E-state index in [1.54, 1.807) is 6.92 Å². The van der Waals surface area contributed by atoms with Crippen LogP contribution in [0.15, 0.2) is 0 Å². The summed E-state index contributed by atoms with van der Waals surface area (Å²) in [5, 5.41) is 18.6. The summed E-state index contributed by atoms with van der Waals surface area (Å²) in [6.45, 7) is 5.61. The number of carboxylic acid groups (broad SMARTS) is 1. The van der Waals surface area contributed by atoms with Gasteiger partial charge in [0, 0.05) is 0 Å². The van der Waals surface area contributed by atoms with Crippen LogP contribution in [-0.4, -0.2) is 34.5 Å². The number of ether oxygens (including phenoxy) is 1. The molecule has 0 bridgehead atoms. The fourth-order valence-electron chi connectivity index (χ4n) is 1.98. The third kappa shape index (κ3) is 3.46. The van der Waals surface area contributed by atoms with Crippen LogP contribution >= 0.6 is 0 Å². The van der Waals surface area contributed by atoms with Gasteiger partial charge in [-0.3, -0.25) is 4.79 Å². The Kier molecular flexibility index (Phi) is 4.74. The molecule has 1 fully saturated rings. The second-order valence-electron chi connectivity index (χ2n) is 5.05. The van der Waals surface area contributed by atoms with Crippen molar-refractivity contribution in [3.63, 3.8) is 0 Å². The molecule has 0 amide bonds. The molecule has 4 atom stereocenters. The van der Waals surface area contributed by atoms with Gasteiger partial charge in [0.25, 0.3) is 0 Å². The maximum absolute atomic E-state index is 10.8. The van der Waals surface area contributed by atoms with Crippen molar-refractivity contribution in [3.8, 4) is 0 Å². The van der Waals surface area contributed by atoms with Crippen LogP contribution in [0.25, 0.3) is 0 Å². The standard InChI is InChI=1S/C12H22O4/c1-7(2)10(13)6-9-4-5-11(16-9)8(3)12(14)15/h7-11,13H,4-6H2,1-3H3,(H,14,15)/t8-,9+,10-,11-/m0/s1. The third-order valence-electron chi connectivity index (χ3n) is 3.36. The highest BCUT2D eigenvalue weighted by Crippen LogP contribution is 2.29. The SMILES string of the molecule is CC(C)[C@@H](O)C[C@H]1CC[C@@H]([C@H](C)C(=O)O)O1. The molecule has 4 nitrogen and oxygen atoms in total. The lowest BCUT2D eigenvalue weighted by Crippen LogP contribution is -2.27. The molecule has 0 aliphatic carbocycles. The molecule has 0 aromatic carbocycles. The van der Waals surface area contributed by atoms with Crippen molar-refractivity contribution in [1.29, 1.82) is 0 Å². The first-order valence-corrected chi connectivity index (χ1v) is 5.98. The largest absolute Gasteiger partial charge is 0.481 e. The maximum atomic E-state index is 10.8. The zero-order chi connectivity index (χ0) is 12.3. The van der Waals surface area contributed by atoms with E-state index in [4.69, 9.17) is 9.84 Å². The summed E-state index contributed by atoms with van der Waals surface area (Å²) in [6.07, 6.45) is 1.71. The second-order valence-corrected chi connectivity index (χ2v) is 5.05. The van der Waals surface area contributed by atoms with Crippen molar-refractivity contribution < 1.29 is 19.7 Å². The van der Waals surface area contributed by atoms with Crippen molar-refractivity contribution in [2.75, 3.05) is 0 Å². The van der Waals surface area contributed by atoms with E-state index in [-0.39, 0.29) is 24.2 Å². The van der Waals surface area contributed by atoms with E-state index in [1.165, 1.54) is 0 Å².